The minimum Gasteiger partial charge on any atom is -0.481 e. The predicted molar refractivity (Wildman–Crippen MR) is 80.5 cm³/mol. The van der Waals surface area contributed by atoms with Gasteiger partial charge in [0.05, 0.1) is 10.8 Å². The Hall–Kier alpha value is -2.03. The highest BCUT2D eigenvalue weighted by atomic mass is 32.2. The molecular formula is C15H17F2NO5S. The van der Waals surface area contributed by atoms with Crippen LogP contribution in [0, 0.1) is 5.92 Å². The molecule has 0 saturated carbocycles. The summed E-state index contributed by atoms with van der Waals surface area (Å²) in [5, 5.41) is 9.10. The molecule has 0 bridgehead atoms. The number of benzene rings is 1. The Morgan fingerprint density at radius 2 is 1.79 bits per heavy atom. The number of rotatable bonds is 4. The molecule has 1 aliphatic rings. The number of likely N-dealkylation sites (tertiary alicyclic amines) is 1. The zero-order valence-corrected chi connectivity index (χ0v) is 13.7. The summed E-state index contributed by atoms with van der Waals surface area (Å²) < 4.78 is 47.7. The van der Waals surface area contributed by atoms with Gasteiger partial charge in [0.25, 0.3) is 5.91 Å². The SMILES string of the molecule is CC1CCC(C(=O)O)CN1C(=O)c1ccc(S(=O)(=O)C(F)F)cc1. The number of alkyl halides is 2. The number of carboxylic acid groups (broad SMARTS) is 1. The number of carboxylic acids is 1. The number of hydrogen-bond acceptors (Lipinski definition) is 4. The van der Waals surface area contributed by atoms with E-state index in [1.54, 1.807) is 6.92 Å². The number of piperidine rings is 1. The predicted octanol–water partition coefficient (Wildman–Crippen LogP) is 2.01. The fourth-order valence-electron chi connectivity index (χ4n) is 2.65. The summed E-state index contributed by atoms with van der Waals surface area (Å²) in [6.07, 6.45) is 1.02. The average molecular weight is 361 g/mol. The second kappa shape index (κ2) is 6.84. The summed E-state index contributed by atoms with van der Waals surface area (Å²) in [5.41, 5.74) is 0.126. The molecule has 2 atom stereocenters. The summed E-state index contributed by atoms with van der Waals surface area (Å²) in [6, 6.07) is 4.08. The number of amides is 1. The quantitative estimate of drug-likeness (QED) is 0.886. The fourth-order valence-corrected chi connectivity index (χ4v) is 3.37. The van der Waals surface area contributed by atoms with Crippen LogP contribution in [0.4, 0.5) is 8.78 Å². The number of halogens is 2. The van der Waals surface area contributed by atoms with E-state index in [-0.39, 0.29) is 18.2 Å². The van der Waals surface area contributed by atoms with Crippen LogP contribution in [0.1, 0.15) is 30.1 Å². The maximum Gasteiger partial charge on any atom is 0.341 e. The van der Waals surface area contributed by atoms with E-state index in [0.717, 1.165) is 24.3 Å². The van der Waals surface area contributed by atoms with Crippen LogP contribution in [-0.2, 0) is 14.6 Å². The van der Waals surface area contributed by atoms with E-state index >= 15 is 0 Å². The third-order valence-electron chi connectivity index (χ3n) is 4.16. The highest BCUT2D eigenvalue weighted by Crippen LogP contribution is 2.25. The Bertz CT molecular complexity index is 733. The number of aliphatic carboxylic acids is 1. The van der Waals surface area contributed by atoms with Crippen LogP contribution in [0.25, 0.3) is 0 Å². The van der Waals surface area contributed by atoms with Crippen LogP contribution in [0.3, 0.4) is 0 Å². The Morgan fingerprint density at radius 3 is 2.29 bits per heavy atom. The van der Waals surface area contributed by atoms with Crippen LogP contribution >= 0.6 is 0 Å². The lowest BCUT2D eigenvalue weighted by Crippen LogP contribution is -2.47. The maximum absolute atomic E-state index is 12.5. The molecule has 1 aromatic rings. The first-order chi connectivity index (χ1) is 11.1. The molecule has 0 aromatic heterocycles. The van der Waals surface area contributed by atoms with Crippen LogP contribution in [0.2, 0.25) is 0 Å². The van der Waals surface area contributed by atoms with Gasteiger partial charge in [0.15, 0.2) is 0 Å². The van der Waals surface area contributed by atoms with E-state index in [9.17, 15) is 26.8 Å². The lowest BCUT2D eigenvalue weighted by atomic mass is 9.93. The molecule has 1 heterocycles. The molecule has 0 spiro atoms. The summed E-state index contributed by atoms with van der Waals surface area (Å²) in [5.74, 6) is -5.60. The minimum atomic E-state index is -4.71. The summed E-state index contributed by atoms with van der Waals surface area (Å²) in [4.78, 5) is 24.5. The van der Waals surface area contributed by atoms with Crippen molar-refractivity contribution in [1.82, 2.24) is 4.90 Å². The largest absolute Gasteiger partial charge is 0.481 e. The number of hydrogen-bond donors (Lipinski definition) is 1. The second-order valence-corrected chi connectivity index (χ2v) is 7.67. The van der Waals surface area contributed by atoms with Crippen molar-refractivity contribution in [3.8, 4) is 0 Å². The molecule has 2 rings (SSSR count). The van der Waals surface area contributed by atoms with Gasteiger partial charge in [-0.3, -0.25) is 9.59 Å². The van der Waals surface area contributed by atoms with Crippen LogP contribution in [0.15, 0.2) is 29.2 Å². The van der Waals surface area contributed by atoms with E-state index in [1.807, 2.05) is 0 Å². The van der Waals surface area contributed by atoms with Gasteiger partial charge in [-0.05, 0) is 44.0 Å². The molecule has 2 unspecified atom stereocenters. The maximum atomic E-state index is 12.5. The molecule has 0 radical (unpaired) electrons. The molecule has 132 valence electrons. The normalized spacial score (nSPS) is 21.8. The van der Waals surface area contributed by atoms with Crippen molar-refractivity contribution in [1.29, 1.82) is 0 Å². The molecule has 24 heavy (non-hydrogen) atoms. The van der Waals surface area contributed by atoms with E-state index < -0.39 is 38.3 Å². The van der Waals surface area contributed by atoms with Gasteiger partial charge in [-0.1, -0.05) is 0 Å². The van der Waals surface area contributed by atoms with Crippen molar-refractivity contribution in [3.05, 3.63) is 29.8 Å². The molecular weight excluding hydrogens is 344 g/mol. The first kappa shape index (κ1) is 18.3. The Balaban J connectivity index is 2.22. The lowest BCUT2D eigenvalue weighted by Gasteiger charge is -2.36. The summed E-state index contributed by atoms with van der Waals surface area (Å²) >= 11 is 0. The molecule has 1 saturated heterocycles. The van der Waals surface area contributed by atoms with Gasteiger partial charge >= 0.3 is 11.7 Å². The highest BCUT2D eigenvalue weighted by Gasteiger charge is 2.33. The average Bonchev–Trinajstić information content (AvgIpc) is 2.54. The number of sulfone groups is 1. The monoisotopic (exact) mass is 361 g/mol. The third kappa shape index (κ3) is 3.55. The van der Waals surface area contributed by atoms with Gasteiger partial charge in [-0.2, -0.15) is 8.78 Å². The second-order valence-electron chi connectivity index (χ2n) is 5.75. The summed E-state index contributed by atoms with van der Waals surface area (Å²) in [7, 11) is -4.71. The molecule has 1 fully saturated rings. The molecule has 1 amide bonds. The third-order valence-corrected chi connectivity index (χ3v) is 5.55. The lowest BCUT2D eigenvalue weighted by molar-refractivity contribution is -0.143. The van der Waals surface area contributed by atoms with E-state index in [4.69, 9.17) is 5.11 Å². The Labute approximate surface area is 138 Å². The van der Waals surface area contributed by atoms with Crippen molar-refractivity contribution in [3.63, 3.8) is 0 Å². The first-order valence-corrected chi connectivity index (χ1v) is 8.85. The molecule has 6 nitrogen and oxygen atoms in total. The topological polar surface area (TPSA) is 91.8 Å². The van der Waals surface area contributed by atoms with Crippen molar-refractivity contribution in [2.45, 2.75) is 36.5 Å². The number of carbonyl (C=O) groups excluding carboxylic acids is 1. The zero-order chi connectivity index (χ0) is 18.1. The first-order valence-electron chi connectivity index (χ1n) is 7.30. The molecule has 1 N–H and O–H groups in total. The van der Waals surface area contributed by atoms with Crippen molar-refractivity contribution in [2.24, 2.45) is 5.92 Å². The minimum absolute atomic E-state index is 0.0619. The van der Waals surface area contributed by atoms with Gasteiger partial charge < -0.3 is 10.0 Å². The van der Waals surface area contributed by atoms with Gasteiger partial charge in [-0.25, -0.2) is 8.42 Å². The van der Waals surface area contributed by atoms with Crippen LogP contribution in [-0.4, -0.2) is 48.6 Å². The van der Waals surface area contributed by atoms with E-state index in [2.05, 4.69) is 0 Å². The molecule has 1 aromatic carbocycles. The fraction of sp³-hybridized carbons (Fsp3) is 0.467. The Morgan fingerprint density at radius 1 is 1.21 bits per heavy atom. The van der Waals surface area contributed by atoms with Crippen molar-refractivity contribution in [2.75, 3.05) is 6.54 Å². The zero-order valence-electron chi connectivity index (χ0n) is 12.9. The highest BCUT2D eigenvalue weighted by molar-refractivity contribution is 7.91. The van der Waals surface area contributed by atoms with Gasteiger partial charge in [0.2, 0.25) is 9.84 Å². The molecule has 1 aliphatic heterocycles. The van der Waals surface area contributed by atoms with Crippen LogP contribution < -0.4 is 0 Å². The van der Waals surface area contributed by atoms with Gasteiger partial charge in [0.1, 0.15) is 0 Å². The number of carbonyl (C=O) groups is 2. The van der Waals surface area contributed by atoms with Gasteiger partial charge in [0, 0.05) is 18.2 Å². The van der Waals surface area contributed by atoms with E-state index in [0.29, 0.717) is 12.8 Å². The van der Waals surface area contributed by atoms with E-state index in [1.165, 1.54) is 4.90 Å². The standard InChI is InChI=1S/C15H17F2NO5S/c1-9-2-3-11(14(20)21)8-18(9)13(19)10-4-6-12(7-5-10)24(22,23)15(16)17/h4-7,9,11,15H,2-3,8H2,1H3,(H,20,21). The number of nitrogens with zero attached hydrogens (tertiary/aromatic N) is 1. The van der Waals surface area contributed by atoms with Crippen molar-refractivity contribution >= 4 is 21.7 Å². The molecule has 0 aliphatic carbocycles. The smallest absolute Gasteiger partial charge is 0.341 e. The van der Waals surface area contributed by atoms with Crippen LogP contribution in [0.5, 0.6) is 0 Å². The van der Waals surface area contributed by atoms with Gasteiger partial charge in [-0.15, -0.1) is 0 Å². The molecule has 9 heteroatoms. The Kier molecular flexibility index (Phi) is 5.22. The van der Waals surface area contributed by atoms with Crippen molar-refractivity contribution < 1.29 is 31.9 Å². The summed E-state index contributed by atoms with van der Waals surface area (Å²) in [6.45, 7) is 1.86.